The third-order valence-corrected chi connectivity index (χ3v) is 2.67. The van der Waals surface area contributed by atoms with Crippen LogP contribution in [-0.4, -0.2) is 48.5 Å². The van der Waals surface area contributed by atoms with Crippen molar-refractivity contribution in [1.82, 2.24) is 10.2 Å². The summed E-state index contributed by atoms with van der Waals surface area (Å²) >= 11 is 1.59. The van der Waals surface area contributed by atoms with Gasteiger partial charge >= 0.3 is 0 Å². The first-order valence-corrected chi connectivity index (χ1v) is 5.68. The van der Waals surface area contributed by atoms with Gasteiger partial charge in [-0.05, 0) is 13.2 Å². The molecule has 0 unspecified atom stereocenters. The lowest BCUT2D eigenvalue weighted by Crippen LogP contribution is -2.59. The molecule has 1 N–H and O–H groups in total. The second-order valence-electron chi connectivity index (χ2n) is 2.92. The first-order chi connectivity index (χ1) is 5.79. The van der Waals surface area contributed by atoms with Gasteiger partial charge in [0.15, 0.2) is 0 Å². The number of hydrogen-bond donors (Lipinski definition) is 1. The van der Waals surface area contributed by atoms with Gasteiger partial charge in [0.05, 0.1) is 11.8 Å². The van der Waals surface area contributed by atoms with E-state index in [-0.39, 0.29) is 5.91 Å². The predicted octanol–water partition coefficient (Wildman–Crippen LogP) is 0.170. The number of nitrogens with one attached hydrogen (secondary N) is 1. The van der Waals surface area contributed by atoms with Gasteiger partial charge in [0.1, 0.15) is 0 Å². The Balaban J connectivity index is 2.37. The lowest BCUT2D eigenvalue weighted by Gasteiger charge is -2.37. The molecule has 0 aromatic heterocycles. The van der Waals surface area contributed by atoms with Crippen molar-refractivity contribution in [2.75, 3.05) is 31.6 Å². The molecule has 0 saturated carbocycles. The average molecular weight is 188 g/mol. The zero-order chi connectivity index (χ0) is 8.97. The van der Waals surface area contributed by atoms with Crippen molar-refractivity contribution in [1.29, 1.82) is 0 Å². The number of carbonyl (C=O) groups excluding carboxylic acids is 1. The van der Waals surface area contributed by atoms with Crippen molar-refractivity contribution in [2.24, 2.45) is 0 Å². The molecule has 12 heavy (non-hydrogen) atoms. The van der Waals surface area contributed by atoms with Crippen molar-refractivity contribution in [2.45, 2.75) is 13.0 Å². The van der Waals surface area contributed by atoms with Crippen molar-refractivity contribution in [3.05, 3.63) is 0 Å². The molecule has 70 valence electrons. The van der Waals surface area contributed by atoms with Gasteiger partial charge in [-0.15, -0.1) is 0 Å². The molecule has 0 aromatic rings. The SMILES string of the molecule is CCN(C(=O)CSC)C1CNC1. The summed E-state index contributed by atoms with van der Waals surface area (Å²) in [7, 11) is 0. The molecule has 0 bridgehead atoms. The summed E-state index contributed by atoms with van der Waals surface area (Å²) in [6, 6.07) is 0.453. The zero-order valence-electron chi connectivity index (χ0n) is 7.67. The number of thioether (sulfide) groups is 1. The molecule has 1 amide bonds. The van der Waals surface area contributed by atoms with E-state index in [1.807, 2.05) is 18.1 Å². The third kappa shape index (κ3) is 2.14. The summed E-state index contributed by atoms with van der Waals surface area (Å²) in [5, 5.41) is 3.17. The van der Waals surface area contributed by atoms with Gasteiger partial charge in [-0.2, -0.15) is 11.8 Å². The molecule has 1 saturated heterocycles. The van der Waals surface area contributed by atoms with Crippen LogP contribution in [-0.2, 0) is 4.79 Å². The van der Waals surface area contributed by atoms with Crippen LogP contribution in [0.15, 0.2) is 0 Å². The molecule has 0 atom stereocenters. The van der Waals surface area contributed by atoms with Crippen LogP contribution in [0.3, 0.4) is 0 Å². The van der Waals surface area contributed by atoms with E-state index in [0.717, 1.165) is 19.6 Å². The monoisotopic (exact) mass is 188 g/mol. The predicted molar refractivity (Wildman–Crippen MR) is 52.4 cm³/mol. The van der Waals surface area contributed by atoms with E-state index in [9.17, 15) is 4.79 Å². The highest BCUT2D eigenvalue weighted by molar-refractivity contribution is 7.99. The van der Waals surface area contributed by atoms with Gasteiger partial charge in [0, 0.05) is 19.6 Å². The molecule has 3 nitrogen and oxygen atoms in total. The normalized spacial score (nSPS) is 17.2. The molecule has 0 radical (unpaired) electrons. The quantitative estimate of drug-likeness (QED) is 0.682. The minimum absolute atomic E-state index is 0.275. The van der Waals surface area contributed by atoms with Gasteiger partial charge < -0.3 is 10.2 Å². The van der Waals surface area contributed by atoms with Gasteiger partial charge in [0.2, 0.25) is 5.91 Å². The fraction of sp³-hybridized carbons (Fsp3) is 0.875. The van der Waals surface area contributed by atoms with Crippen LogP contribution in [0.1, 0.15) is 6.92 Å². The second kappa shape index (κ2) is 4.72. The summed E-state index contributed by atoms with van der Waals surface area (Å²) in [4.78, 5) is 13.5. The molecule has 4 heteroatoms. The standard InChI is InChI=1S/C8H16N2OS/c1-3-10(7-4-9-5-7)8(11)6-12-2/h7,9H,3-6H2,1-2H3. The molecule has 0 spiro atoms. The number of carbonyl (C=O) groups is 1. The van der Waals surface area contributed by atoms with E-state index in [1.54, 1.807) is 11.8 Å². The topological polar surface area (TPSA) is 32.3 Å². The number of amides is 1. The Morgan fingerprint density at radius 2 is 2.33 bits per heavy atom. The van der Waals surface area contributed by atoms with Crippen LogP contribution in [0.2, 0.25) is 0 Å². The van der Waals surface area contributed by atoms with Crippen molar-refractivity contribution < 1.29 is 4.79 Å². The number of hydrogen-bond acceptors (Lipinski definition) is 3. The van der Waals surface area contributed by atoms with E-state index < -0.39 is 0 Å². The Morgan fingerprint density at radius 1 is 1.67 bits per heavy atom. The smallest absolute Gasteiger partial charge is 0.232 e. The fourth-order valence-electron chi connectivity index (χ4n) is 1.34. The van der Waals surface area contributed by atoms with Crippen molar-refractivity contribution >= 4 is 17.7 Å². The first-order valence-electron chi connectivity index (χ1n) is 4.28. The number of rotatable bonds is 4. The number of nitrogens with zero attached hydrogens (tertiary/aromatic N) is 1. The summed E-state index contributed by atoms with van der Waals surface area (Å²) in [6.07, 6.45) is 1.96. The maximum absolute atomic E-state index is 11.5. The molecule has 0 aliphatic carbocycles. The average Bonchev–Trinajstić information content (AvgIpc) is 1.96. The minimum Gasteiger partial charge on any atom is -0.337 e. The van der Waals surface area contributed by atoms with Gasteiger partial charge in [-0.1, -0.05) is 0 Å². The highest BCUT2D eigenvalue weighted by Crippen LogP contribution is 2.07. The maximum atomic E-state index is 11.5. The van der Waals surface area contributed by atoms with E-state index in [4.69, 9.17) is 0 Å². The van der Waals surface area contributed by atoms with E-state index in [2.05, 4.69) is 5.32 Å². The minimum atomic E-state index is 0.275. The second-order valence-corrected chi connectivity index (χ2v) is 3.79. The lowest BCUT2D eigenvalue weighted by atomic mass is 10.1. The summed E-state index contributed by atoms with van der Waals surface area (Å²) < 4.78 is 0. The molecule has 1 aliphatic rings. The molecular weight excluding hydrogens is 172 g/mol. The Morgan fingerprint density at radius 3 is 2.67 bits per heavy atom. The maximum Gasteiger partial charge on any atom is 0.232 e. The highest BCUT2D eigenvalue weighted by atomic mass is 32.2. The van der Waals surface area contributed by atoms with Crippen molar-refractivity contribution in [3.8, 4) is 0 Å². The van der Waals surface area contributed by atoms with Crippen LogP contribution in [0.5, 0.6) is 0 Å². The largest absolute Gasteiger partial charge is 0.337 e. The Kier molecular flexibility index (Phi) is 3.88. The van der Waals surface area contributed by atoms with Crippen LogP contribution >= 0.6 is 11.8 Å². The van der Waals surface area contributed by atoms with Crippen LogP contribution in [0, 0.1) is 0 Å². The van der Waals surface area contributed by atoms with E-state index in [0.29, 0.717) is 11.8 Å². The van der Waals surface area contributed by atoms with Gasteiger partial charge in [-0.3, -0.25) is 4.79 Å². The van der Waals surface area contributed by atoms with Gasteiger partial charge in [0.25, 0.3) is 0 Å². The van der Waals surface area contributed by atoms with E-state index in [1.165, 1.54) is 0 Å². The first kappa shape index (κ1) is 9.86. The summed E-state index contributed by atoms with van der Waals surface area (Å²) in [6.45, 7) is 4.81. The van der Waals surface area contributed by atoms with Crippen LogP contribution in [0.4, 0.5) is 0 Å². The Hall–Kier alpha value is -0.220. The third-order valence-electron chi connectivity index (χ3n) is 2.13. The molecule has 1 rings (SSSR count). The highest BCUT2D eigenvalue weighted by Gasteiger charge is 2.26. The fourth-order valence-corrected chi connectivity index (χ4v) is 1.75. The van der Waals surface area contributed by atoms with Crippen molar-refractivity contribution in [3.63, 3.8) is 0 Å². The Bertz CT molecular complexity index is 159. The summed E-state index contributed by atoms with van der Waals surface area (Å²) in [5.74, 6) is 0.890. The zero-order valence-corrected chi connectivity index (χ0v) is 8.49. The van der Waals surface area contributed by atoms with Gasteiger partial charge in [-0.25, -0.2) is 0 Å². The summed E-state index contributed by atoms with van der Waals surface area (Å²) in [5.41, 5.74) is 0. The number of likely N-dealkylation sites (N-methyl/N-ethyl adjacent to an activating group) is 1. The molecular formula is C8H16N2OS. The van der Waals surface area contributed by atoms with Crippen LogP contribution < -0.4 is 5.32 Å². The van der Waals surface area contributed by atoms with E-state index >= 15 is 0 Å². The molecule has 1 heterocycles. The molecule has 1 aliphatic heterocycles. The lowest BCUT2D eigenvalue weighted by molar-refractivity contribution is -0.131. The molecule has 0 aromatic carbocycles. The Labute approximate surface area is 77.9 Å². The van der Waals surface area contributed by atoms with Crippen LogP contribution in [0.25, 0.3) is 0 Å². The molecule has 1 fully saturated rings.